The number of nitrogens with zero attached hydrogens (tertiary/aromatic N) is 3. The first-order chi connectivity index (χ1) is 13.6. The summed E-state index contributed by atoms with van der Waals surface area (Å²) in [6, 6.07) is 12.6. The maximum Gasteiger partial charge on any atom is 0.127 e. The Kier molecular flexibility index (Phi) is 5.95. The molecule has 1 saturated heterocycles. The molecule has 0 atom stereocenters. The molecule has 2 aromatic carbocycles. The minimum atomic E-state index is 0.529. The Morgan fingerprint density at radius 3 is 2.43 bits per heavy atom. The monoisotopic (exact) mass is 397 g/mol. The third-order valence-corrected chi connectivity index (χ3v) is 6.16. The molecule has 0 spiro atoms. The highest BCUT2D eigenvalue weighted by Crippen LogP contribution is 2.41. The van der Waals surface area contributed by atoms with Crippen molar-refractivity contribution in [3.63, 3.8) is 0 Å². The molecule has 148 valence electrons. The second-order valence-corrected chi connectivity index (χ2v) is 8.41. The Balaban J connectivity index is 1.47. The maximum atomic E-state index is 7.57. The summed E-state index contributed by atoms with van der Waals surface area (Å²) in [5.41, 5.74) is 12.3. The van der Waals surface area contributed by atoms with Crippen molar-refractivity contribution in [3.05, 3.63) is 47.0 Å². The SMILES string of the molecule is CN1CCN(Cc2ccc(-c3ccc(NCC4CC4)c(N=N)c3Cl)cc2)CC1. The zero-order valence-electron chi connectivity index (χ0n) is 16.4. The van der Waals surface area contributed by atoms with Crippen LogP contribution in [0, 0.1) is 11.4 Å². The van der Waals surface area contributed by atoms with Gasteiger partial charge < -0.3 is 10.2 Å². The van der Waals surface area contributed by atoms with E-state index in [0.717, 1.165) is 62.0 Å². The third-order valence-electron chi connectivity index (χ3n) is 5.77. The van der Waals surface area contributed by atoms with Crippen LogP contribution >= 0.6 is 11.6 Å². The van der Waals surface area contributed by atoms with Gasteiger partial charge in [-0.05, 0) is 43.0 Å². The number of likely N-dealkylation sites (N-methyl/N-ethyl adjacent to an activating group) is 1. The first-order valence-electron chi connectivity index (χ1n) is 10.1. The van der Waals surface area contributed by atoms with E-state index in [1.54, 1.807) is 0 Å². The molecule has 1 aliphatic carbocycles. The smallest absolute Gasteiger partial charge is 0.127 e. The lowest BCUT2D eigenvalue weighted by molar-refractivity contribution is 0.148. The molecule has 2 N–H and O–H groups in total. The Labute approximate surface area is 172 Å². The van der Waals surface area contributed by atoms with E-state index in [1.165, 1.54) is 18.4 Å². The van der Waals surface area contributed by atoms with Crippen molar-refractivity contribution in [2.45, 2.75) is 19.4 Å². The number of hydrogen-bond donors (Lipinski definition) is 2. The largest absolute Gasteiger partial charge is 0.383 e. The Morgan fingerprint density at radius 2 is 1.79 bits per heavy atom. The Morgan fingerprint density at radius 1 is 1.07 bits per heavy atom. The summed E-state index contributed by atoms with van der Waals surface area (Å²) in [4.78, 5) is 4.87. The van der Waals surface area contributed by atoms with Gasteiger partial charge in [0.25, 0.3) is 0 Å². The van der Waals surface area contributed by atoms with Crippen molar-refractivity contribution in [1.29, 1.82) is 5.53 Å². The molecule has 1 saturated carbocycles. The van der Waals surface area contributed by atoms with E-state index in [1.807, 2.05) is 12.1 Å². The average molecular weight is 398 g/mol. The second kappa shape index (κ2) is 8.60. The van der Waals surface area contributed by atoms with Gasteiger partial charge in [-0.2, -0.15) is 5.11 Å². The predicted octanol–water partition coefficient (Wildman–Crippen LogP) is 5.24. The van der Waals surface area contributed by atoms with Crippen LogP contribution in [0.25, 0.3) is 11.1 Å². The van der Waals surface area contributed by atoms with Gasteiger partial charge >= 0.3 is 0 Å². The zero-order chi connectivity index (χ0) is 19.5. The van der Waals surface area contributed by atoms with E-state index in [-0.39, 0.29) is 0 Å². The van der Waals surface area contributed by atoms with E-state index in [4.69, 9.17) is 17.1 Å². The summed E-state index contributed by atoms with van der Waals surface area (Å²) in [6.45, 7) is 6.42. The van der Waals surface area contributed by atoms with Gasteiger partial charge in [-0.15, -0.1) is 0 Å². The minimum absolute atomic E-state index is 0.529. The molecule has 2 aromatic rings. The van der Waals surface area contributed by atoms with E-state index in [2.05, 4.69) is 51.5 Å². The Hall–Kier alpha value is -1.95. The van der Waals surface area contributed by atoms with Gasteiger partial charge in [-0.25, -0.2) is 5.53 Å². The van der Waals surface area contributed by atoms with Gasteiger partial charge in [0.2, 0.25) is 0 Å². The number of piperazine rings is 1. The lowest BCUT2D eigenvalue weighted by Gasteiger charge is -2.32. The molecule has 2 fully saturated rings. The van der Waals surface area contributed by atoms with Crippen molar-refractivity contribution in [2.75, 3.05) is 45.1 Å². The van der Waals surface area contributed by atoms with Crippen LogP contribution < -0.4 is 5.32 Å². The molecule has 0 bridgehead atoms. The molecule has 6 heteroatoms. The summed E-state index contributed by atoms with van der Waals surface area (Å²) in [5, 5.41) is 7.64. The summed E-state index contributed by atoms with van der Waals surface area (Å²) >= 11 is 6.62. The predicted molar refractivity (Wildman–Crippen MR) is 116 cm³/mol. The molecule has 4 rings (SSSR count). The third kappa shape index (κ3) is 4.54. The Bertz CT molecular complexity index is 824. The molecule has 0 amide bonds. The van der Waals surface area contributed by atoms with Crippen LogP contribution in [0.2, 0.25) is 5.02 Å². The molecule has 0 unspecified atom stereocenters. The molecular formula is C22H28ClN5. The van der Waals surface area contributed by atoms with Crippen molar-refractivity contribution >= 4 is 23.0 Å². The van der Waals surface area contributed by atoms with E-state index in [9.17, 15) is 0 Å². The van der Waals surface area contributed by atoms with Gasteiger partial charge in [-0.1, -0.05) is 41.9 Å². The van der Waals surface area contributed by atoms with Crippen LogP contribution in [0.15, 0.2) is 41.5 Å². The lowest BCUT2D eigenvalue weighted by atomic mass is 10.0. The number of nitrogens with one attached hydrogen (secondary N) is 2. The fraction of sp³-hybridized carbons (Fsp3) is 0.455. The standard InChI is InChI=1S/C22H28ClN5/c1-27-10-12-28(13-11-27)15-17-4-6-18(7-5-17)19-8-9-20(22(26-24)21(19)23)25-14-16-2-3-16/h4-9,16,24-25H,2-3,10-15H2,1H3. The van der Waals surface area contributed by atoms with Gasteiger partial charge in [0.15, 0.2) is 0 Å². The fourth-order valence-electron chi connectivity index (χ4n) is 3.67. The molecule has 1 heterocycles. The van der Waals surface area contributed by atoms with Crippen LogP contribution in [0.4, 0.5) is 11.4 Å². The summed E-state index contributed by atoms with van der Waals surface area (Å²) < 4.78 is 0. The van der Waals surface area contributed by atoms with Crippen LogP contribution in [-0.2, 0) is 6.54 Å². The maximum absolute atomic E-state index is 7.57. The second-order valence-electron chi connectivity index (χ2n) is 8.04. The van der Waals surface area contributed by atoms with Gasteiger partial charge in [0.05, 0.1) is 10.7 Å². The van der Waals surface area contributed by atoms with Crippen molar-refractivity contribution in [1.82, 2.24) is 9.80 Å². The zero-order valence-corrected chi connectivity index (χ0v) is 17.2. The quantitative estimate of drug-likeness (QED) is 0.628. The summed E-state index contributed by atoms with van der Waals surface area (Å²) in [6.07, 6.45) is 2.57. The van der Waals surface area contributed by atoms with E-state index in [0.29, 0.717) is 10.7 Å². The van der Waals surface area contributed by atoms with Crippen LogP contribution in [-0.4, -0.2) is 49.6 Å². The molecule has 5 nitrogen and oxygen atoms in total. The molecule has 2 aliphatic rings. The highest BCUT2D eigenvalue weighted by atomic mass is 35.5. The highest BCUT2D eigenvalue weighted by molar-refractivity contribution is 6.36. The van der Waals surface area contributed by atoms with Gasteiger partial charge in [0.1, 0.15) is 5.69 Å². The number of halogens is 1. The van der Waals surface area contributed by atoms with Crippen LogP contribution in [0.3, 0.4) is 0 Å². The first kappa shape index (κ1) is 19.4. The van der Waals surface area contributed by atoms with Crippen molar-refractivity contribution in [2.24, 2.45) is 11.0 Å². The van der Waals surface area contributed by atoms with Crippen molar-refractivity contribution in [3.8, 4) is 11.1 Å². The lowest BCUT2D eigenvalue weighted by Crippen LogP contribution is -2.43. The number of anilines is 1. The van der Waals surface area contributed by atoms with Crippen LogP contribution in [0.1, 0.15) is 18.4 Å². The minimum Gasteiger partial charge on any atom is -0.383 e. The number of benzene rings is 2. The molecule has 0 aromatic heterocycles. The molecular weight excluding hydrogens is 370 g/mol. The van der Waals surface area contributed by atoms with E-state index >= 15 is 0 Å². The van der Waals surface area contributed by atoms with Crippen LogP contribution in [0.5, 0.6) is 0 Å². The number of rotatable bonds is 7. The normalized spacial score (nSPS) is 18.2. The number of hydrogen-bond acceptors (Lipinski definition) is 5. The summed E-state index contributed by atoms with van der Waals surface area (Å²) in [5.74, 6) is 0.755. The highest BCUT2D eigenvalue weighted by Gasteiger charge is 2.22. The topological polar surface area (TPSA) is 54.7 Å². The van der Waals surface area contributed by atoms with E-state index < -0.39 is 0 Å². The van der Waals surface area contributed by atoms with Gasteiger partial charge in [0, 0.05) is 44.8 Å². The molecule has 0 radical (unpaired) electrons. The van der Waals surface area contributed by atoms with Gasteiger partial charge in [-0.3, -0.25) is 4.90 Å². The molecule has 28 heavy (non-hydrogen) atoms. The average Bonchev–Trinajstić information content (AvgIpc) is 3.53. The first-order valence-corrected chi connectivity index (χ1v) is 10.5. The fourth-order valence-corrected chi connectivity index (χ4v) is 3.99. The van der Waals surface area contributed by atoms with Crippen molar-refractivity contribution < 1.29 is 0 Å². The summed E-state index contributed by atoms with van der Waals surface area (Å²) in [7, 11) is 2.18. The molecule has 1 aliphatic heterocycles.